The topological polar surface area (TPSA) is 92.6 Å². The number of nitro groups is 1. The minimum atomic E-state index is -3.94. The molecule has 146 valence electrons. The molecular weight excluding hydrogens is 378 g/mol. The van der Waals surface area contributed by atoms with Crippen LogP contribution in [0.1, 0.15) is 33.1 Å². The standard InChI is InChI=1S/C17H26ClN3O4S/c1-13-9-14(2)12-20(11-13)8-4-3-7-19-26(24,25)17-6-5-15(18)10-16(17)21(22)23/h5-6,10,13-14,19H,3-4,7-9,11-12H2,1-2H3. The molecular formula is C17H26ClN3O4S. The Balaban J connectivity index is 1.84. The Labute approximate surface area is 159 Å². The predicted molar refractivity (Wildman–Crippen MR) is 102 cm³/mol. The van der Waals surface area contributed by atoms with Crippen molar-refractivity contribution in [2.24, 2.45) is 11.8 Å². The van der Waals surface area contributed by atoms with E-state index in [-0.39, 0.29) is 16.5 Å². The minimum absolute atomic E-state index is 0.126. The van der Waals surface area contributed by atoms with Gasteiger partial charge in [-0.25, -0.2) is 13.1 Å². The largest absolute Gasteiger partial charge is 0.303 e. The summed E-state index contributed by atoms with van der Waals surface area (Å²) in [5.41, 5.74) is -0.513. The molecule has 1 aromatic carbocycles. The lowest BCUT2D eigenvalue weighted by Crippen LogP contribution is -2.39. The Bertz CT molecular complexity index is 732. The average molecular weight is 404 g/mol. The molecule has 0 saturated carbocycles. The monoisotopic (exact) mass is 403 g/mol. The van der Waals surface area contributed by atoms with Gasteiger partial charge in [-0.3, -0.25) is 10.1 Å². The molecule has 0 spiro atoms. The number of nitrogens with one attached hydrogen (secondary N) is 1. The lowest BCUT2D eigenvalue weighted by atomic mass is 9.92. The Morgan fingerprint density at radius 1 is 1.27 bits per heavy atom. The fourth-order valence-electron chi connectivity index (χ4n) is 3.58. The summed E-state index contributed by atoms with van der Waals surface area (Å²) in [5, 5.41) is 11.2. The molecule has 0 radical (unpaired) electrons. The highest BCUT2D eigenvalue weighted by Gasteiger charge is 2.26. The molecule has 1 aliphatic rings. The van der Waals surface area contributed by atoms with E-state index >= 15 is 0 Å². The zero-order chi connectivity index (χ0) is 19.3. The van der Waals surface area contributed by atoms with Gasteiger partial charge in [0.25, 0.3) is 5.69 Å². The third kappa shape index (κ3) is 5.90. The van der Waals surface area contributed by atoms with Crippen molar-refractivity contribution in [1.82, 2.24) is 9.62 Å². The summed E-state index contributed by atoms with van der Waals surface area (Å²) >= 11 is 5.73. The van der Waals surface area contributed by atoms with Crippen LogP contribution in [0.3, 0.4) is 0 Å². The molecule has 0 aliphatic carbocycles. The average Bonchev–Trinajstić information content (AvgIpc) is 2.53. The highest BCUT2D eigenvalue weighted by atomic mass is 35.5. The van der Waals surface area contributed by atoms with Crippen LogP contribution in [0.5, 0.6) is 0 Å². The summed E-state index contributed by atoms with van der Waals surface area (Å²) in [5.74, 6) is 1.39. The number of sulfonamides is 1. The second-order valence-corrected chi connectivity index (χ2v) is 9.35. The number of hydrogen-bond donors (Lipinski definition) is 1. The van der Waals surface area contributed by atoms with Crippen molar-refractivity contribution < 1.29 is 13.3 Å². The number of likely N-dealkylation sites (tertiary alicyclic amines) is 1. The molecule has 0 aromatic heterocycles. The molecule has 2 atom stereocenters. The van der Waals surface area contributed by atoms with E-state index in [9.17, 15) is 18.5 Å². The third-order valence-corrected chi connectivity index (χ3v) is 6.29. The molecule has 1 fully saturated rings. The van der Waals surface area contributed by atoms with Gasteiger partial charge in [0.05, 0.1) is 4.92 Å². The van der Waals surface area contributed by atoms with E-state index in [1.165, 1.54) is 18.6 Å². The maximum Gasteiger partial charge on any atom is 0.290 e. The van der Waals surface area contributed by atoms with Crippen LogP contribution < -0.4 is 4.72 Å². The molecule has 0 amide bonds. The maximum atomic E-state index is 12.4. The zero-order valence-corrected chi connectivity index (χ0v) is 16.7. The quantitative estimate of drug-likeness (QED) is 0.408. The molecule has 7 nitrogen and oxygen atoms in total. The van der Waals surface area contributed by atoms with Gasteiger partial charge in [0.1, 0.15) is 0 Å². The molecule has 1 aromatic rings. The molecule has 1 aliphatic heterocycles. The van der Waals surface area contributed by atoms with Crippen molar-refractivity contribution in [3.63, 3.8) is 0 Å². The number of benzene rings is 1. The van der Waals surface area contributed by atoms with Gasteiger partial charge >= 0.3 is 0 Å². The summed E-state index contributed by atoms with van der Waals surface area (Å²) < 4.78 is 27.2. The van der Waals surface area contributed by atoms with Crippen LogP contribution in [0.15, 0.2) is 23.1 Å². The summed E-state index contributed by atoms with van der Waals surface area (Å²) in [7, 11) is -3.94. The molecule has 0 bridgehead atoms. The molecule has 1 N–H and O–H groups in total. The van der Waals surface area contributed by atoms with Crippen molar-refractivity contribution in [2.45, 2.75) is 38.0 Å². The van der Waals surface area contributed by atoms with Crippen molar-refractivity contribution in [1.29, 1.82) is 0 Å². The molecule has 1 saturated heterocycles. The summed E-state index contributed by atoms with van der Waals surface area (Å²) in [6.45, 7) is 7.89. The third-order valence-electron chi connectivity index (χ3n) is 4.54. The molecule has 2 rings (SSSR count). The smallest absolute Gasteiger partial charge is 0.290 e. The first-order valence-corrected chi connectivity index (χ1v) is 10.7. The Hall–Kier alpha value is -1.22. The number of halogens is 1. The van der Waals surface area contributed by atoms with E-state index in [2.05, 4.69) is 23.5 Å². The van der Waals surface area contributed by atoms with Crippen molar-refractivity contribution >= 4 is 27.3 Å². The summed E-state index contributed by atoms with van der Waals surface area (Å²) in [6.07, 6.45) is 2.82. The summed E-state index contributed by atoms with van der Waals surface area (Å²) in [4.78, 5) is 12.4. The van der Waals surface area contributed by atoms with Crippen molar-refractivity contribution in [2.75, 3.05) is 26.2 Å². The highest BCUT2D eigenvalue weighted by molar-refractivity contribution is 7.89. The molecule has 1 heterocycles. The van der Waals surface area contributed by atoms with Gasteiger partial charge in [0.2, 0.25) is 10.0 Å². The Morgan fingerprint density at radius 2 is 1.92 bits per heavy atom. The van der Waals surface area contributed by atoms with Gasteiger partial charge in [0, 0.05) is 30.7 Å². The normalized spacial score (nSPS) is 21.7. The van der Waals surface area contributed by atoms with Crippen LogP contribution >= 0.6 is 11.6 Å². The van der Waals surface area contributed by atoms with Gasteiger partial charge in [-0.2, -0.15) is 0 Å². The second-order valence-electron chi connectivity index (χ2n) is 7.18. The molecule has 2 unspecified atom stereocenters. The summed E-state index contributed by atoms with van der Waals surface area (Å²) in [6, 6.07) is 3.55. The van der Waals surface area contributed by atoms with Crippen LogP contribution in [0.4, 0.5) is 5.69 Å². The molecule has 26 heavy (non-hydrogen) atoms. The fourth-order valence-corrected chi connectivity index (χ4v) is 4.97. The van der Waals surface area contributed by atoms with Crippen LogP contribution in [0, 0.1) is 22.0 Å². The first-order valence-electron chi connectivity index (χ1n) is 8.85. The number of piperidine rings is 1. The number of nitro benzene ring substituents is 1. The van der Waals surface area contributed by atoms with Crippen LogP contribution in [0.25, 0.3) is 0 Å². The van der Waals surface area contributed by atoms with E-state index in [1.807, 2.05) is 0 Å². The second kappa shape index (κ2) is 9.12. The lowest BCUT2D eigenvalue weighted by Gasteiger charge is -2.34. The van der Waals surface area contributed by atoms with Crippen LogP contribution in [-0.4, -0.2) is 44.4 Å². The van der Waals surface area contributed by atoms with Crippen LogP contribution in [0.2, 0.25) is 5.02 Å². The van der Waals surface area contributed by atoms with Gasteiger partial charge in [-0.15, -0.1) is 0 Å². The van der Waals surface area contributed by atoms with Gasteiger partial charge in [-0.1, -0.05) is 25.4 Å². The molecule has 9 heteroatoms. The SMILES string of the molecule is CC1CC(C)CN(CCCCNS(=O)(=O)c2ccc(Cl)cc2[N+](=O)[O-])C1. The zero-order valence-electron chi connectivity index (χ0n) is 15.2. The van der Waals surface area contributed by atoms with Crippen molar-refractivity contribution in [3.05, 3.63) is 33.3 Å². The van der Waals surface area contributed by atoms with E-state index in [0.717, 1.165) is 32.1 Å². The highest BCUT2D eigenvalue weighted by Crippen LogP contribution is 2.27. The van der Waals surface area contributed by atoms with Gasteiger partial charge < -0.3 is 4.90 Å². The van der Waals surface area contributed by atoms with E-state index < -0.39 is 20.6 Å². The van der Waals surface area contributed by atoms with Crippen molar-refractivity contribution in [3.8, 4) is 0 Å². The number of nitrogens with zero attached hydrogens (tertiary/aromatic N) is 2. The number of rotatable bonds is 8. The minimum Gasteiger partial charge on any atom is -0.303 e. The van der Waals surface area contributed by atoms with E-state index in [1.54, 1.807) is 0 Å². The number of hydrogen-bond acceptors (Lipinski definition) is 5. The van der Waals surface area contributed by atoms with Crippen LogP contribution in [-0.2, 0) is 10.0 Å². The fraction of sp³-hybridized carbons (Fsp3) is 0.647. The first kappa shape index (κ1) is 21.1. The Morgan fingerprint density at radius 3 is 2.54 bits per heavy atom. The van der Waals surface area contributed by atoms with E-state index in [0.29, 0.717) is 18.3 Å². The lowest BCUT2D eigenvalue weighted by molar-refractivity contribution is -0.387. The van der Waals surface area contributed by atoms with Gasteiger partial charge in [0.15, 0.2) is 4.90 Å². The number of unbranched alkanes of at least 4 members (excludes halogenated alkanes) is 1. The predicted octanol–water partition coefficient (Wildman–Crippen LogP) is 3.28. The maximum absolute atomic E-state index is 12.4. The van der Waals surface area contributed by atoms with Gasteiger partial charge in [-0.05, 0) is 49.8 Å². The first-order chi connectivity index (χ1) is 12.2. The van der Waals surface area contributed by atoms with E-state index in [4.69, 9.17) is 11.6 Å². The Kier molecular flexibility index (Phi) is 7.40.